The van der Waals surface area contributed by atoms with Gasteiger partial charge in [0.15, 0.2) is 11.3 Å². The summed E-state index contributed by atoms with van der Waals surface area (Å²) in [5.74, 6) is 1.49. The van der Waals surface area contributed by atoms with Gasteiger partial charge in [0, 0.05) is 19.8 Å². The first-order valence-corrected chi connectivity index (χ1v) is 7.91. The average molecular weight is 330 g/mol. The lowest BCUT2D eigenvalue weighted by molar-refractivity contribution is 0.386. The average Bonchev–Trinajstić information content (AvgIpc) is 3.10. The Hall–Kier alpha value is -2.84. The summed E-state index contributed by atoms with van der Waals surface area (Å²) >= 11 is 0. The molecule has 0 amide bonds. The Balaban J connectivity index is 1.91. The molecule has 0 saturated carbocycles. The number of hydrogen-bond acceptors (Lipinski definition) is 7. The second-order valence-corrected chi connectivity index (χ2v) is 5.61. The van der Waals surface area contributed by atoms with Gasteiger partial charge in [-0.3, -0.25) is 9.36 Å². The number of nitrogens with one attached hydrogen (secondary N) is 1. The molecule has 3 N–H and O–H groups in total. The van der Waals surface area contributed by atoms with Crippen molar-refractivity contribution < 1.29 is 4.74 Å². The number of nitrogen functional groups attached to an aromatic ring is 1. The smallest absolute Gasteiger partial charge is 0.237 e. The van der Waals surface area contributed by atoms with Gasteiger partial charge in [0.2, 0.25) is 11.8 Å². The van der Waals surface area contributed by atoms with Crippen LogP contribution >= 0.6 is 0 Å². The van der Waals surface area contributed by atoms with E-state index in [-0.39, 0.29) is 5.95 Å². The Kier molecular flexibility index (Phi) is 4.50. The van der Waals surface area contributed by atoms with Gasteiger partial charge in [-0.1, -0.05) is 13.3 Å². The van der Waals surface area contributed by atoms with Crippen LogP contribution < -0.4 is 15.8 Å². The first-order chi connectivity index (χ1) is 11.6. The van der Waals surface area contributed by atoms with Gasteiger partial charge in [0.1, 0.15) is 5.52 Å². The van der Waals surface area contributed by atoms with Gasteiger partial charge in [0.05, 0.1) is 25.4 Å². The molecule has 0 aliphatic heterocycles. The van der Waals surface area contributed by atoms with E-state index in [2.05, 4.69) is 32.4 Å². The Morgan fingerprint density at radius 1 is 1.25 bits per heavy atom. The van der Waals surface area contributed by atoms with Gasteiger partial charge >= 0.3 is 0 Å². The maximum Gasteiger partial charge on any atom is 0.237 e. The topological polar surface area (TPSA) is 109 Å². The second-order valence-electron chi connectivity index (χ2n) is 5.61. The number of rotatable bonds is 7. The molecule has 0 saturated heterocycles. The molecule has 0 atom stereocenters. The highest BCUT2D eigenvalue weighted by Gasteiger charge is 2.13. The summed E-state index contributed by atoms with van der Waals surface area (Å²) in [4.78, 5) is 8.54. The lowest BCUT2D eigenvalue weighted by Gasteiger charge is -2.05. The van der Waals surface area contributed by atoms with Crippen molar-refractivity contribution in [3.8, 4) is 5.88 Å². The molecule has 24 heavy (non-hydrogen) atoms. The van der Waals surface area contributed by atoms with E-state index in [0.29, 0.717) is 29.3 Å². The Morgan fingerprint density at radius 3 is 2.83 bits per heavy atom. The van der Waals surface area contributed by atoms with Crippen molar-refractivity contribution in [1.82, 2.24) is 29.5 Å². The number of fused-ring (bicyclic) bond motifs is 1. The van der Waals surface area contributed by atoms with E-state index in [4.69, 9.17) is 10.5 Å². The molecule has 0 bridgehead atoms. The van der Waals surface area contributed by atoms with E-state index in [0.717, 1.165) is 24.9 Å². The molecule has 0 radical (unpaired) electrons. The molecule has 0 aliphatic rings. The third-order valence-corrected chi connectivity index (χ3v) is 3.64. The van der Waals surface area contributed by atoms with Crippen LogP contribution in [0.5, 0.6) is 5.88 Å². The minimum atomic E-state index is 0.236. The monoisotopic (exact) mass is 330 g/mol. The maximum absolute atomic E-state index is 5.81. The predicted molar refractivity (Wildman–Crippen MR) is 92.0 cm³/mol. The Morgan fingerprint density at radius 2 is 2.08 bits per heavy atom. The zero-order valence-corrected chi connectivity index (χ0v) is 14.2. The maximum atomic E-state index is 5.81. The van der Waals surface area contributed by atoms with Crippen LogP contribution in [-0.2, 0) is 13.6 Å². The van der Waals surface area contributed by atoms with Gasteiger partial charge in [-0.25, -0.2) is 4.98 Å². The number of ether oxygens (including phenoxy) is 1. The summed E-state index contributed by atoms with van der Waals surface area (Å²) in [6, 6.07) is 0. The molecule has 3 heterocycles. The van der Waals surface area contributed by atoms with Crippen molar-refractivity contribution in [3.63, 3.8) is 0 Å². The molecule has 0 spiro atoms. The van der Waals surface area contributed by atoms with Crippen LogP contribution in [0.25, 0.3) is 11.0 Å². The third-order valence-electron chi connectivity index (χ3n) is 3.64. The van der Waals surface area contributed by atoms with E-state index < -0.39 is 0 Å². The number of hydrogen-bond donors (Lipinski definition) is 2. The lowest BCUT2D eigenvalue weighted by atomic mass is 10.3. The number of methoxy groups -OCH3 is 1. The van der Waals surface area contributed by atoms with Crippen molar-refractivity contribution in [2.24, 2.45) is 7.05 Å². The molecule has 3 aromatic heterocycles. The predicted octanol–water partition coefficient (Wildman–Crippen LogP) is 1.41. The van der Waals surface area contributed by atoms with Crippen LogP contribution in [-0.4, -0.2) is 43.2 Å². The van der Waals surface area contributed by atoms with Crippen molar-refractivity contribution >= 4 is 22.8 Å². The molecular formula is C15H22N8O. The van der Waals surface area contributed by atoms with Crippen molar-refractivity contribution in [2.45, 2.75) is 26.3 Å². The normalized spacial score (nSPS) is 11.1. The summed E-state index contributed by atoms with van der Waals surface area (Å²) in [6.07, 6.45) is 5.92. The molecule has 128 valence electrons. The van der Waals surface area contributed by atoms with Gasteiger partial charge in [-0.2, -0.15) is 10.1 Å². The molecule has 3 aromatic rings. The van der Waals surface area contributed by atoms with Gasteiger partial charge in [0.25, 0.3) is 0 Å². The van der Waals surface area contributed by atoms with Gasteiger partial charge < -0.3 is 15.8 Å². The van der Waals surface area contributed by atoms with Crippen molar-refractivity contribution in [1.29, 1.82) is 0 Å². The quantitative estimate of drug-likeness (QED) is 0.630. The second kappa shape index (κ2) is 6.73. The first-order valence-electron chi connectivity index (χ1n) is 7.91. The molecule has 3 rings (SSSR count). The number of aryl methyl sites for hydroxylation is 1. The summed E-state index contributed by atoms with van der Waals surface area (Å²) in [5, 5.41) is 12.1. The SMILES string of the molecule is CCCCNc1nc(N)nc2cn(Cc3cn(C)nc3OC)nc12. The fourth-order valence-electron chi connectivity index (χ4n) is 2.54. The molecule has 0 aliphatic carbocycles. The van der Waals surface area contributed by atoms with Crippen LogP contribution in [0.15, 0.2) is 12.4 Å². The van der Waals surface area contributed by atoms with E-state index >= 15 is 0 Å². The molecule has 9 nitrogen and oxygen atoms in total. The lowest BCUT2D eigenvalue weighted by Crippen LogP contribution is -2.06. The fraction of sp³-hybridized carbons (Fsp3) is 0.467. The number of nitrogens with two attached hydrogens (primary N) is 1. The molecule has 9 heteroatoms. The Bertz CT molecular complexity index is 837. The van der Waals surface area contributed by atoms with E-state index in [1.807, 2.05) is 19.4 Å². The molecule has 0 fully saturated rings. The van der Waals surface area contributed by atoms with Crippen molar-refractivity contribution in [3.05, 3.63) is 18.0 Å². The fourth-order valence-corrected chi connectivity index (χ4v) is 2.54. The largest absolute Gasteiger partial charge is 0.480 e. The van der Waals surface area contributed by atoms with Crippen LogP contribution in [0.2, 0.25) is 0 Å². The molecule has 0 unspecified atom stereocenters. The Labute approximate surface area is 139 Å². The first kappa shape index (κ1) is 16.0. The third kappa shape index (κ3) is 3.24. The molecule has 0 aromatic carbocycles. The summed E-state index contributed by atoms with van der Waals surface area (Å²) in [5.41, 5.74) is 8.17. The highest BCUT2D eigenvalue weighted by Crippen LogP contribution is 2.22. The van der Waals surface area contributed by atoms with E-state index in [1.165, 1.54) is 0 Å². The molecular weight excluding hydrogens is 308 g/mol. The standard InChI is InChI=1S/C15H22N8O/c1-4-5-6-17-13-12-11(18-15(16)19-13)9-23(20-12)8-10-7-22(2)21-14(10)24-3/h7,9H,4-6,8H2,1-3H3,(H3,16,17,18,19). The number of unbranched alkanes of at least 4 members (excludes halogenated alkanes) is 1. The van der Waals surface area contributed by atoms with Gasteiger partial charge in [-0.05, 0) is 6.42 Å². The summed E-state index contributed by atoms with van der Waals surface area (Å²) < 4.78 is 8.80. The number of anilines is 2. The minimum absolute atomic E-state index is 0.236. The number of nitrogens with zero attached hydrogens (tertiary/aromatic N) is 6. The van der Waals surface area contributed by atoms with Crippen LogP contribution in [0.1, 0.15) is 25.3 Å². The highest BCUT2D eigenvalue weighted by molar-refractivity contribution is 5.85. The summed E-state index contributed by atoms with van der Waals surface area (Å²) in [7, 11) is 3.46. The van der Waals surface area contributed by atoms with Crippen LogP contribution in [0.4, 0.5) is 11.8 Å². The summed E-state index contributed by atoms with van der Waals surface area (Å²) in [6.45, 7) is 3.49. The van der Waals surface area contributed by atoms with Crippen molar-refractivity contribution in [2.75, 3.05) is 24.7 Å². The van der Waals surface area contributed by atoms with E-state index in [1.54, 1.807) is 16.5 Å². The van der Waals surface area contributed by atoms with E-state index in [9.17, 15) is 0 Å². The minimum Gasteiger partial charge on any atom is -0.480 e. The highest BCUT2D eigenvalue weighted by atomic mass is 16.5. The zero-order valence-electron chi connectivity index (χ0n) is 14.2. The van der Waals surface area contributed by atoms with Crippen LogP contribution in [0, 0.1) is 0 Å². The zero-order chi connectivity index (χ0) is 17.1. The number of aromatic nitrogens is 6. The van der Waals surface area contributed by atoms with Gasteiger partial charge in [-0.15, -0.1) is 5.10 Å². The van der Waals surface area contributed by atoms with Crippen LogP contribution in [0.3, 0.4) is 0 Å².